The molecule has 30 heavy (non-hydrogen) atoms. The fraction of sp³-hybridized carbons (Fsp3) is 0.348. The number of nitrogens with zero attached hydrogens (tertiary/aromatic N) is 2. The lowest BCUT2D eigenvalue weighted by molar-refractivity contribution is -0.148. The van der Waals surface area contributed by atoms with E-state index in [9.17, 15) is 14.7 Å². The van der Waals surface area contributed by atoms with Crippen molar-refractivity contribution in [3.05, 3.63) is 54.4 Å². The fourth-order valence-corrected chi connectivity index (χ4v) is 3.79. The Labute approximate surface area is 174 Å². The monoisotopic (exact) mass is 407 g/mol. The molecular formula is C23H25N3O4. The topological polar surface area (TPSA) is 95.7 Å². The number of amides is 2. The van der Waals surface area contributed by atoms with Crippen LogP contribution in [0.3, 0.4) is 0 Å². The van der Waals surface area contributed by atoms with Gasteiger partial charge in [-0.25, -0.2) is 0 Å². The van der Waals surface area contributed by atoms with Crippen molar-refractivity contribution in [3.63, 3.8) is 0 Å². The quantitative estimate of drug-likeness (QED) is 0.693. The zero-order valence-electron chi connectivity index (χ0n) is 17.1. The predicted octanol–water partition coefficient (Wildman–Crippen LogP) is 2.99. The summed E-state index contributed by atoms with van der Waals surface area (Å²) in [6, 6.07) is 11.1. The number of furan rings is 1. The molecule has 4 rings (SSSR count). The number of benzene rings is 1. The molecule has 0 bridgehead atoms. The summed E-state index contributed by atoms with van der Waals surface area (Å²) < 4.78 is 5.42. The molecule has 7 nitrogen and oxygen atoms in total. The number of hydrogen-bond donors (Lipinski definition) is 2. The van der Waals surface area contributed by atoms with Gasteiger partial charge in [0, 0.05) is 41.8 Å². The SMILES string of the molecule is CC(C)(O)C(=O)N1CCC(NC(=O)c2ccc(-c3nccc4occc34)cc2)CC1. The molecule has 1 saturated heterocycles. The van der Waals surface area contributed by atoms with E-state index in [2.05, 4.69) is 10.3 Å². The van der Waals surface area contributed by atoms with Crippen LogP contribution in [-0.2, 0) is 4.79 Å². The Kier molecular flexibility index (Phi) is 5.30. The summed E-state index contributed by atoms with van der Waals surface area (Å²) in [4.78, 5) is 30.9. The van der Waals surface area contributed by atoms with Crippen molar-refractivity contribution in [1.82, 2.24) is 15.2 Å². The average molecular weight is 407 g/mol. The number of piperidine rings is 1. The van der Waals surface area contributed by atoms with Crippen molar-refractivity contribution in [3.8, 4) is 11.3 Å². The van der Waals surface area contributed by atoms with Crippen molar-refractivity contribution in [2.24, 2.45) is 0 Å². The van der Waals surface area contributed by atoms with Gasteiger partial charge in [-0.2, -0.15) is 0 Å². The molecule has 2 amide bonds. The Balaban J connectivity index is 1.38. The lowest BCUT2D eigenvalue weighted by atomic mass is 10.0. The summed E-state index contributed by atoms with van der Waals surface area (Å²) >= 11 is 0. The Bertz CT molecular complexity index is 1060. The summed E-state index contributed by atoms with van der Waals surface area (Å²) in [6.45, 7) is 4.03. The molecule has 1 aromatic carbocycles. The van der Waals surface area contributed by atoms with Crippen LogP contribution in [0.2, 0.25) is 0 Å². The van der Waals surface area contributed by atoms with E-state index in [4.69, 9.17) is 4.42 Å². The van der Waals surface area contributed by atoms with Gasteiger partial charge in [0.1, 0.15) is 11.2 Å². The number of aliphatic hydroxyl groups is 1. The first kappa shape index (κ1) is 20.1. The van der Waals surface area contributed by atoms with Crippen LogP contribution in [0.25, 0.3) is 22.2 Å². The van der Waals surface area contributed by atoms with Crippen LogP contribution < -0.4 is 5.32 Å². The maximum absolute atomic E-state index is 12.6. The number of likely N-dealkylation sites (tertiary alicyclic amines) is 1. The second-order valence-electron chi connectivity index (χ2n) is 8.17. The van der Waals surface area contributed by atoms with Crippen LogP contribution in [0.15, 0.2) is 53.3 Å². The molecule has 0 saturated carbocycles. The summed E-state index contributed by atoms with van der Waals surface area (Å²) in [6.07, 6.45) is 4.67. The number of fused-ring (bicyclic) bond motifs is 1. The lowest BCUT2D eigenvalue weighted by Gasteiger charge is -2.35. The molecule has 0 spiro atoms. The molecule has 156 valence electrons. The summed E-state index contributed by atoms with van der Waals surface area (Å²) in [7, 11) is 0. The van der Waals surface area contributed by atoms with Crippen molar-refractivity contribution in [1.29, 1.82) is 0 Å². The molecule has 0 aliphatic carbocycles. The van der Waals surface area contributed by atoms with Crippen LogP contribution in [-0.4, -0.2) is 51.5 Å². The van der Waals surface area contributed by atoms with Gasteiger partial charge in [-0.3, -0.25) is 14.6 Å². The zero-order chi connectivity index (χ0) is 21.3. The molecule has 0 atom stereocenters. The predicted molar refractivity (Wildman–Crippen MR) is 113 cm³/mol. The standard InChI is InChI=1S/C23H25N3O4/c1-23(2,29)22(28)26-12-8-17(9-13-26)25-21(27)16-5-3-15(4-6-16)20-18-10-14-30-19(18)7-11-24-20/h3-7,10-11,14,17,29H,8-9,12-13H2,1-2H3,(H,25,27). The van der Waals surface area contributed by atoms with Crippen LogP contribution in [0.5, 0.6) is 0 Å². The summed E-state index contributed by atoms with van der Waals surface area (Å²) in [5.41, 5.74) is 1.71. The van der Waals surface area contributed by atoms with Crippen LogP contribution in [0, 0.1) is 0 Å². The molecule has 2 aromatic heterocycles. The van der Waals surface area contributed by atoms with E-state index in [0.717, 1.165) is 22.2 Å². The number of pyridine rings is 1. The third-order valence-electron chi connectivity index (χ3n) is 5.44. The van der Waals surface area contributed by atoms with Gasteiger partial charge >= 0.3 is 0 Å². The molecule has 3 heterocycles. The first-order chi connectivity index (χ1) is 14.3. The molecular weight excluding hydrogens is 382 g/mol. The van der Waals surface area contributed by atoms with Gasteiger partial charge in [0.05, 0.1) is 12.0 Å². The largest absolute Gasteiger partial charge is 0.464 e. The third kappa shape index (κ3) is 4.07. The number of aromatic nitrogens is 1. The summed E-state index contributed by atoms with van der Waals surface area (Å²) in [5.74, 6) is -0.410. The molecule has 0 radical (unpaired) electrons. The molecule has 1 aliphatic heterocycles. The highest BCUT2D eigenvalue weighted by Crippen LogP contribution is 2.27. The van der Waals surface area contributed by atoms with Crippen LogP contribution >= 0.6 is 0 Å². The molecule has 7 heteroatoms. The van der Waals surface area contributed by atoms with Crippen molar-refractivity contribution in [2.75, 3.05) is 13.1 Å². The van der Waals surface area contributed by atoms with Crippen molar-refractivity contribution < 1.29 is 19.1 Å². The van der Waals surface area contributed by atoms with Gasteiger partial charge in [0.2, 0.25) is 0 Å². The Morgan fingerprint density at radius 3 is 2.50 bits per heavy atom. The van der Waals surface area contributed by atoms with E-state index in [1.165, 1.54) is 13.8 Å². The first-order valence-electron chi connectivity index (χ1n) is 10.1. The second kappa shape index (κ2) is 7.91. The first-order valence-corrected chi connectivity index (χ1v) is 10.1. The maximum Gasteiger partial charge on any atom is 0.253 e. The Hall–Kier alpha value is -3.19. The van der Waals surface area contributed by atoms with E-state index in [0.29, 0.717) is 31.5 Å². The molecule has 1 fully saturated rings. The lowest BCUT2D eigenvalue weighted by Crippen LogP contribution is -2.51. The zero-order valence-corrected chi connectivity index (χ0v) is 17.1. The molecule has 0 unspecified atom stereocenters. The smallest absolute Gasteiger partial charge is 0.253 e. The molecule has 2 N–H and O–H groups in total. The number of carbonyl (C=O) groups excluding carboxylic acids is 2. The second-order valence-corrected chi connectivity index (χ2v) is 8.17. The van der Waals surface area contributed by atoms with Gasteiger partial charge in [-0.15, -0.1) is 0 Å². The van der Waals surface area contributed by atoms with Crippen LogP contribution in [0.1, 0.15) is 37.0 Å². The fourth-order valence-electron chi connectivity index (χ4n) is 3.79. The van der Waals surface area contributed by atoms with Gasteiger partial charge in [-0.1, -0.05) is 12.1 Å². The van der Waals surface area contributed by atoms with E-state index in [-0.39, 0.29) is 17.9 Å². The van der Waals surface area contributed by atoms with Gasteiger partial charge in [-0.05, 0) is 51.0 Å². The molecule has 1 aliphatic rings. The number of rotatable bonds is 4. The number of nitrogens with one attached hydrogen (secondary N) is 1. The minimum absolute atomic E-state index is 0.00405. The van der Waals surface area contributed by atoms with E-state index < -0.39 is 5.60 Å². The highest BCUT2D eigenvalue weighted by molar-refractivity contribution is 5.96. The maximum atomic E-state index is 12.6. The van der Waals surface area contributed by atoms with Gasteiger partial charge in [0.15, 0.2) is 0 Å². The molecule has 3 aromatic rings. The van der Waals surface area contributed by atoms with E-state index >= 15 is 0 Å². The summed E-state index contributed by atoms with van der Waals surface area (Å²) in [5, 5.41) is 13.9. The highest BCUT2D eigenvalue weighted by Gasteiger charge is 2.32. The average Bonchev–Trinajstić information content (AvgIpc) is 3.22. The van der Waals surface area contributed by atoms with Crippen molar-refractivity contribution >= 4 is 22.8 Å². The Morgan fingerprint density at radius 1 is 1.13 bits per heavy atom. The third-order valence-corrected chi connectivity index (χ3v) is 5.44. The number of hydrogen-bond acceptors (Lipinski definition) is 5. The minimum Gasteiger partial charge on any atom is -0.464 e. The normalized spacial score (nSPS) is 15.4. The number of carbonyl (C=O) groups is 2. The van der Waals surface area contributed by atoms with Crippen LogP contribution in [0.4, 0.5) is 0 Å². The Morgan fingerprint density at radius 2 is 1.83 bits per heavy atom. The van der Waals surface area contributed by atoms with Crippen molar-refractivity contribution in [2.45, 2.75) is 38.3 Å². The minimum atomic E-state index is -1.37. The van der Waals surface area contributed by atoms with E-state index in [1.54, 1.807) is 29.5 Å². The van der Waals surface area contributed by atoms with Gasteiger partial charge in [0.25, 0.3) is 11.8 Å². The van der Waals surface area contributed by atoms with E-state index in [1.807, 2.05) is 24.3 Å². The highest BCUT2D eigenvalue weighted by atomic mass is 16.3. The van der Waals surface area contributed by atoms with Gasteiger partial charge < -0.3 is 19.7 Å².